The minimum atomic E-state index is 0. The molecule has 0 saturated carbocycles. The summed E-state index contributed by atoms with van der Waals surface area (Å²) < 4.78 is 2.00. The Morgan fingerprint density at radius 2 is 0.412 bits per heavy atom. The Bertz CT molecular complexity index is 74.9. The van der Waals surface area contributed by atoms with E-state index >= 15 is 0 Å². The molecule has 0 amide bonds. The van der Waals surface area contributed by atoms with Crippen molar-refractivity contribution >= 4 is 0 Å². The molecule has 120 valence electrons. The normalized spacial score (nSPS) is 7.06. The van der Waals surface area contributed by atoms with Crippen molar-refractivity contribution in [3.63, 3.8) is 0 Å². The molecule has 0 aliphatic heterocycles. The van der Waals surface area contributed by atoms with E-state index in [1.807, 2.05) is 0 Å². The van der Waals surface area contributed by atoms with Crippen LogP contribution in [0, 0.1) is 0 Å². The fourth-order valence-electron chi connectivity index (χ4n) is 0. The van der Waals surface area contributed by atoms with Crippen molar-refractivity contribution in [2.45, 2.75) is 0 Å². The first-order chi connectivity index (χ1) is 4.00. The van der Waals surface area contributed by atoms with Crippen LogP contribution in [-0.4, -0.2) is 92.7 Å². The molecule has 0 aromatic rings. The summed E-state index contributed by atoms with van der Waals surface area (Å²) in [4.78, 5) is 0. The molecule has 0 aliphatic carbocycles. The molecule has 0 bridgehead atoms. The van der Waals surface area contributed by atoms with Gasteiger partial charge >= 0.3 is 0 Å². The van der Waals surface area contributed by atoms with Gasteiger partial charge in [0.25, 0.3) is 0 Å². The summed E-state index contributed by atoms with van der Waals surface area (Å²) in [5.74, 6) is 0. The van der Waals surface area contributed by atoms with Crippen LogP contribution in [0.4, 0.5) is 0 Å². The number of hydrogen-bond acceptors (Lipinski definition) is 0. The summed E-state index contributed by atoms with van der Waals surface area (Å²) in [6.45, 7) is 0. The van der Waals surface area contributed by atoms with Gasteiger partial charge in [-0.25, -0.2) is 0 Å². The quantitative estimate of drug-likeness (QED) is 0.388. The average Bonchev–Trinajstić information content (AvgIpc) is 1.12. The van der Waals surface area contributed by atoms with Gasteiger partial charge in [-0.2, -0.15) is 0 Å². The number of hydrogen-bond donors (Lipinski definition) is 0. The molecule has 7 nitrogen and oxygen atoms in total. The van der Waals surface area contributed by atoms with Crippen molar-refractivity contribution in [1.82, 2.24) is 0 Å². The lowest BCUT2D eigenvalue weighted by atomic mass is 10.8. The minimum absolute atomic E-state index is 0. The molecule has 0 aliphatic rings. The Morgan fingerprint density at radius 3 is 0.412 bits per heavy atom. The zero-order valence-corrected chi connectivity index (χ0v) is 12.9. The Morgan fingerprint density at radius 1 is 0.412 bits per heavy atom. The SMILES string of the molecule is C[N+](C)(C)C.C[N+](C)(C)C.O.O.O.O.O.[Cl-].[F-]. The van der Waals surface area contributed by atoms with Crippen molar-refractivity contribution < 1.29 is 53.5 Å². The lowest BCUT2D eigenvalue weighted by molar-refractivity contribution is -0.849. The van der Waals surface area contributed by atoms with Gasteiger partial charge in [0.1, 0.15) is 0 Å². The predicted octanol–water partition coefficient (Wildman–Crippen LogP) is -9.47. The van der Waals surface area contributed by atoms with Crippen molar-refractivity contribution in [3.05, 3.63) is 0 Å². The predicted molar refractivity (Wildman–Crippen MR) is 66.0 cm³/mol. The molecule has 10 N–H and O–H groups in total. The topological polar surface area (TPSA) is 158 Å². The van der Waals surface area contributed by atoms with E-state index in [-0.39, 0.29) is 44.5 Å². The van der Waals surface area contributed by atoms with Crippen LogP contribution < -0.4 is 17.1 Å². The van der Waals surface area contributed by atoms with E-state index in [1.165, 1.54) is 0 Å². The molecule has 9 heteroatoms. The third kappa shape index (κ3) is 860000. The highest BCUT2D eigenvalue weighted by molar-refractivity contribution is 3.87. The van der Waals surface area contributed by atoms with E-state index in [4.69, 9.17) is 0 Å². The third-order valence-corrected chi connectivity index (χ3v) is 0. The van der Waals surface area contributed by atoms with Gasteiger partial charge in [-0.05, 0) is 0 Å². The van der Waals surface area contributed by atoms with Gasteiger partial charge in [0.2, 0.25) is 0 Å². The molecule has 0 radical (unpaired) electrons. The van der Waals surface area contributed by atoms with Gasteiger partial charge in [0.15, 0.2) is 0 Å². The standard InChI is InChI=1S/2C4H12N.ClH.FH.5H2O/c2*1-5(2,3)4;;;;;;;/h2*1-4H3;2*1H;5*1H2/q2*+1;;;;;;;/p-2. The second kappa shape index (κ2) is 25.0. The van der Waals surface area contributed by atoms with Crippen LogP contribution >= 0.6 is 0 Å². The van der Waals surface area contributed by atoms with Gasteiger partial charge in [0.05, 0.1) is 56.4 Å². The Kier molecular flexibility index (Phi) is 100. The zero-order chi connectivity index (χ0) is 9.00. The van der Waals surface area contributed by atoms with Crippen molar-refractivity contribution in [2.75, 3.05) is 56.4 Å². The monoisotopic (exact) mass is 292 g/mol. The van der Waals surface area contributed by atoms with Crippen LogP contribution in [0.2, 0.25) is 0 Å². The first kappa shape index (κ1) is 68.3. The van der Waals surface area contributed by atoms with Gasteiger partial charge in [-0.15, -0.1) is 0 Å². The Hall–Kier alpha value is -0.0600. The fraction of sp³-hybridized carbons (Fsp3) is 1.00. The van der Waals surface area contributed by atoms with E-state index in [2.05, 4.69) is 56.4 Å². The maximum atomic E-state index is 2.12. The summed E-state index contributed by atoms with van der Waals surface area (Å²) in [7, 11) is 17.0. The van der Waals surface area contributed by atoms with E-state index in [1.54, 1.807) is 0 Å². The average molecular weight is 293 g/mol. The molecule has 0 spiro atoms. The van der Waals surface area contributed by atoms with Crippen molar-refractivity contribution in [2.24, 2.45) is 0 Å². The Balaban J connectivity index is -0.00000000762. The summed E-state index contributed by atoms with van der Waals surface area (Å²) >= 11 is 0. The van der Waals surface area contributed by atoms with Crippen LogP contribution in [-0.2, 0) is 0 Å². The van der Waals surface area contributed by atoms with Gasteiger partial charge in [-0.3, -0.25) is 0 Å². The van der Waals surface area contributed by atoms with E-state index in [0.29, 0.717) is 0 Å². The number of rotatable bonds is 0. The van der Waals surface area contributed by atoms with Crippen LogP contribution in [0.1, 0.15) is 0 Å². The van der Waals surface area contributed by atoms with Gasteiger partial charge in [0, 0.05) is 0 Å². The largest absolute Gasteiger partial charge is 1.00 e. The van der Waals surface area contributed by atoms with Crippen LogP contribution in [0.15, 0.2) is 0 Å². The molecule has 0 saturated heterocycles. The van der Waals surface area contributed by atoms with E-state index in [0.717, 1.165) is 8.97 Å². The summed E-state index contributed by atoms with van der Waals surface area (Å²) in [5.41, 5.74) is 0. The molecular formula is C8H34ClFN2O5. The highest BCUT2D eigenvalue weighted by Gasteiger charge is 1.88. The zero-order valence-electron chi connectivity index (χ0n) is 12.2. The highest BCUT2D eigenvalue weighted by atomic mass is 35.5. The number of nitrogens with zero attached hydrogens (tertiary/aromatic N) is 2. The molecule has 0 unspecified atom stereocenters. The molecule has 17 heavy (non-hydrogen) atoms. The lowest BCUT2D eigenvalue weighted by Gasteiger charge is -2.14. The Labute approximate surface area is 111 Å². The van der Waals surface area contributed by atoms with Crippen molar-refractivity contribution in [1.29, 1.82) is 0 Å². The fourth-order valence-corrected chi connectivity index (χ4v) is 0. The first-order valence-electron chi connectivity index (χ1n) is 3.58. The molecule has 0 heterocycles. The van der Waals surface area contributed by atoms with E-state index in [9.17, 15) is 0 Å². The molecular weight excluding hydrogens is 259 g/mol. The van der Waals surface area contributed by atoms with Crippen LogP contribution in [0.25, 0.3) is 0 Å². The number of quaternary nitrogens is 2. The molecule has 0 atom stereocenters. The second-order valence-electron chi connectivity index (χ2n) is 5.37. The second-order valence-corrected chi connectivity index (χ2v) is 5.37. The third-order valence-electron chi connectivity index (χ3n) is 0. The van der Waals surface area contributed by atoms with Crippen LogP contribution in [0.5, 0.6) is 0 Å². The molecule has 0 aromatic carbocycles. The van der Waals surface area contributed by atoms with Crippen molar-refractivity contribution in [3.8, 4) is 0 Å². The number of halogens is 2. The van der Waals surface area contributed by atoms with Gasteiger partial charge < -0.3 is 53.5 Å². The van der Waals surface area contributed by atoms with Gasteiger partial charge in [-0.1, -0.05) is 0 Å². The molecule has 0 fully saturated rings. The summed E-state index contributed by atoms with van der Waals surface area (Å²) in [5, 5.41) is 0. The lowest BCUT2D eigenvalue weighted by Crippen LogP contribution is -3.00. The minimum Gasteiger partial charge on any atom is -1.00 e. The molecule has 0 rings (SSSR count). The summed E-state index contributed by atoms with van der Waals surface area (Å²) in [6.07, 6.45) is 0. The first-order valence-corrected chi connectivity index (χ1v) is 3.58. The van der Waals surface area contributed by atoms with Crippen LogP contribution in [0.3, 0.4) is 0 Å². The smallest absolute Gasteiger partial charge is 0.0675 e. The maximum absolute atomic E-state index is 2.12. The highest BCUT2D eigenvalue weighted by Crippen LogP contribution is 1.74. The maximum Gasteiger partial charge on any atom is 0.0675 e. The summed E-state index contributed by atoms with van der Waals surface area (Å²) in [6, 6.07) is 0. The molecule has 0 aromatic heterocycles. The van der Waals surface area contributed by atoms with E-state index < -0.39 is 0 Å².